The number of nitrogens with zero attached hydrogens (tertiary/aromatic N) is 1. The normalized spacial score (nSPS) is 33.0. The molecule has 0 amide bonds. The molecule has 1 unspecified atom stereocenters. The lowest BCUT2D eigenvalue weighted by atomic mass is 9.58. The average molecular weight is 375 g/mol. The summed E-state index contributed by atoms with van der Waals surface area (Å²) in [6.07, 6.45) is 4.19. The highest BCUT2D eigenvalue weighted by Crippen LogP contribution is 2.50. The second-order valence-electron chi connectivity index (χ2n) is 7.00. The molecule has 1 aromatic carbocycles. The molecule has 8 heteroatoms. The summed E-state index contributed by atoms with van der Waals surface area (Å²) in [4.78, 5) is 10.9. The van der Waals surface area contributed by atoms with Gasteiger partial charge in [0.15, 0.2) is 9.84 Å². The van der Waals surface area contributed by atoms with Crippen molar-refractivity contribution < 1.29 is 17.9 Å². The Bertz CT molecular complexity index is 898. The van der Waals surface area contributed by atoms with E-state index in [1.807, 2.05) is 0 Å². The Hall–Kier alpha value is -1.80. The van der Waals surface area contributed by atoms with E-state index in [0.717, 1.165) is 12.1 Å². The maximum atomic E-state index is 14.0. The van der Waals surface area contributed by atoms with Gasteiger partial charge in [-0.1, -0.05) is 25.5 Å². The fourth-order valence-electron chi connectivity index (χ4n) is 3.88. The minimum absolute atomic E-state index is 0.0210. The van der Waals surface area contributed by atoms with E-state index >= 15 is 0 Å². The van der Waals surface area contributed by atoms with Crippen LogP contribution in [0.1, 0.15) is 31.2 Å². The SMILES string of the molecule is [B][C@@]1(CC)CS(=O)(=O)c2ccc(F)cc2[C@@H](C2C=CC=C(N=O)C2)[C@H]1O. The van der Waals surface area contributed by atoms with Crippen molar-refractivity contribution in [3.63, 3.8) is 0 Å². The van der Waals surface area contributed by atoms with Gasteiger partial charge in [-0.3, -0.25) is 0 Å². The molecule has 3 rings (SSSR count). The van der Waals surface area contributed by atoms with E-state index in [4.69, 9.17) is 7.85 Å². The molecule has 26 heavy (non-hydrogen) atoms. The molecule has 1 aliphatic carbocycles. The minimum Gasteiger partial charge on any atom is -0.393 e. The number of sulfone groups is 1. The predicted octanol–water partition coefficient (Wildman–Crippen LogP) is 3.02. The van der Waals surface area contributed by atoms with Crippen LogP contribution in [0.15, 0.2) is 52.2 Å². The molecule has 0 spiro atoms. The second kappa shape index (κ2) is 6.74. The van der Waals surface area contributed by atoms with Crippen LogP contribution in [0.25, 0.3) is 0 Å². The van der Waals surface area contributed by atoms with Crippen molar-refractivity contribution in [2.24, 2.45) is 11.1 Å². The standard InChI is InChI=1S/C18H19BFNO4S/c1-2-18(19)10-26(24,25)15-7-6-12(20)9-14(15)16(17(18)22)11-4-3-5-13(8-11)21-23/h3-7,9,11,16-17,22H,2,8,10H2,1H3/t11?,16-,17-,18+/m1/s1. The summed E-state index contributed by atoms with van der Waals surface area (Å²) in [6, 6.07) is 3.45. The molecule has 2 aliphatic rings. The number of fused-ring (bicyclic) bond motifs is 1. The number of aliphatic hydroxyl groups is 1. The highest BCUT2D eigenvalue weighted by molar-refractivity contribution is 7.91. The Kier molecular flexibility index (Phi) is 4.92. The van der Waals surface area contributed by atoms with E-state index in [1.165, 1.54) is 6.07 Å². The zero-order valence-corrected chi connectivity index (χ0v) is 15.1. The number of aliphatic hydroxyl groups excluding tert-OH is 1. The summed E-state index contributed by atoms with van der Waals surface area (Å²) < 4.78 is 39.7. The predicted molar refractivity (Wildman–Crippen MR) is 97.1 cm³/mol. The third kappa shape index (κ3) is 3.16. The second-order valence-corrected chi connectivity index (χ2v) is 8.96. The number of nitroso groups, excluding NO2 is 1. The van der Waals surface area contributed by atoms with Gasteiger partial charge in [-0.05, 0) is 46.2 Å². The number of benzene rings is 1. The van der Waals surface area contributed by atoms with Crippen LogP contribution in [-0.2, 0) is 9.84 Å². The zero-order chi connectivity index (χ0) is 19.1. The van der Waals surface area contributed by atoms with Crippen LogP contribution in [0.3, 0.4) is 0 Å². The lowest BCUT2D eigenvalue weighted by Gasteiger charge is -2.39. The lowest BCUT2D eigenvalue weighted by Crippen LogP contribution is -2.39. The van der Waals surface area contributed by atoms with Crippen LogP contribution in [0, 0.1) is 16.6 Å². The van der Waals surface area contributed by atoms with E-state index in [1.54, 1.807) is 25.2 Å². The Balaban J connectivity index is 2.22. The number of hydrogen-bond acceptors (Lipinski definition) is 5. The van der Waals surface area contributed by atoms with Crippen molar-refractivity contribution in [1.29, 1.82) is 0 Å². The number of rotatable bonds is 3. The van der Waals surface area contributed by atoms with Gasteiger partial charge in [0.2, 0.25) is 0 Å². The molecule has 136 valence electrons. The van der Waals surface area contributed by atoms with Crippen molar-refractivity contribution in [2.75, 3.05) is 5.75 Å². The van der Waals surface area contributed by atoms with Gasteiger partial charge in [0.25, 0.3) is 0 Å². The molecule has 5 nitrogen and oxygen atoms in total. The summed E-state index contributed by atoms with van der Waals surface area (Å²) in [6.45, 7) is 1.71. The van der Waals surface area contributed by atoms with Crippen LogP contribution < -0.4 is 0 Å². The molecule has 1 aromatic rings. The van der Waals surface area contributed by atoms with Gasteiger partial charge in [-0.25, -0.2) is 12.8 Å². The average Bonchev–Trinajstić information content (AvgIpc) is 2.67. The van der Waals surface area contributed by atoms with Gasteiger partial charge in [-0.2, -0.15) is 0 Å². The first-order valence-electron chi connectivity index (χ1n) is 8.41. The summed E-state index contributed by atoms with van der Waals surface area (Å²) in [7, 11) is 2.50. The smallest absolute Gasteiger partial charge is 0.178 e. The monoisotopic (exact) mass is 375 g/mol. The van der Waals surface area contributed by atoms with Gasteiger partial charge < -0.3 is 5.11 Å². The molecule has 0 fully saturated rings. The third-order valence-corrected chi connectivity index (χ3v) is 7.34. The molecule has 1 aliphatic heterocycles. The molecule has 0 saturated carbocycles. The lowest BCUT2D eigenvalue weighted by molar-refractivity contribution is 0.0818. The molecular formula is C18H19BFNO4S. The largest absolute Gasteiger partial charge is 0.393 e. The number of halogens is 1. The van der Waals surface area contributed by atoms with Crippen molar-refractivity contribution in [1.82, 2.24) is 0 Å². The molecule has 1 heterocycles. The van der Waals surface area contributed by atoms with Crippen LogP contribution in [0.4, 0.5) is 4.39 Å². The van der Waals surface area contributed by atoms with E-state index in [9.17, 15) is 22.8 Å². The first-order chi connectivity index (χ1) is 12.2. The molecule has 0 aromatic heterocycles. The van der Waals surface area contributed by atoms with Gasteiger partial charge in [0.1, 0.15) is 5.82 Å². The van der Waals surface area contributed by atoms with E-state index in [2.05, 4.69) is 5.18 Å². The fourth-order valence-corrected chi connectivity index (χ4v) is 5.95. The molecule has 4 atom stereocenters. The third-order valence-electron chi connectivity index (χ3n) is 5.38. The first-order valence-corrected chi connectivity index (χ1v) is 10.1. The topological polar surface area (TPSA) is 83.8 Å². The van der Waals surface area contributed by atoms with E-state index < -0.39 is 44.7 Å². The van der Waals surface area contributed by atoms with E-state index in [-0.39, 0.29) is 29.0 Å². The Labute approximate surface area is 153 Å². The summed E-state index contributed by atoms with van der Waals surface area (Å²) in [5, 5.41) is 12.6. The van der Waals surface area contributed by atoms with Gasteiger partial charge in [-0.15, -0.1) is 4.91 Å². The minimum atomic E-state index is -3.81. The summed E-state index contributed by atoms with van der Waals surface area (Å²) >= 11 is 0. The maximum absolute atomic E-state index is 14.0. The Morgan fingerprint density at radius 3 is 2.81 bits per heavy atom. The van der Waals surface area contributed by atoms with Crippen molar-refractivity contribution in [2.45, 2.75) is 42.0 Å². The highest BCUT2D eigenvalue weighted by Gasteiger charge is 2.47. The highest BCUT2D eigenvalue weighted by atomic mass is 32.2. The van der Waals surface area contributed by atoms with Crippen LogP contribution in [0.2, 0.25) is 5.31 Å². The van der Waals surface area contributed by atoms with Gasteiger partial charge in [0.05, 0.1) is 30.3 Å². The molecular weight excluding hydrogens is 356 g/mol. The van der Waals surface area contributed by atoms with Crippen molar-refractivity contribution in [3.05, 3.63) is 58.4 Å². The van der Waals surface area contributed by atoms with Crippen molar-refractivity contribution >= 4 is 17.7 Å². The van der Waals surface area contributed by atoms with Gasteiger partial charge >= 0.3 is 0 Å². The van der Waals surface area contributed by atoms with E-state index in [0.29, 0.717) is 0 Å². The van der Waals surface area contributed by atoms with Crippen LogP contribution >= 0.6 is 0 Å². The molecule has 1 N–H and O–H groups in total. The molecule has 0 bridgehead atoms. The Morgan fingerprint density at radius 2 is 2.15 bits per heavy atom. The molecule has 2 radical (unpaired) electrons. The Morgan fingerprint density at radius 1 is 1.42 bits per heavy atom. The van der Waals surface area contributed by atoms with Crippen LogP contribution in [0.5, 0.6) is 0 Å². The van der Waals surface area contributed by atoms with Crippen LogP contribution in [-0.4, -0.2) is 33.2 Å². The first kappa shape index (κ1) is 19.0. The quantitative estimate of drug-likeness (QED) is 0.500. The summed E-state index contributed by atoms with van der Waals surface area (Å²) in [5.41, 5.74) is 0.481. The molecule has 0 saturated heterocycles. The van der Waals surface area contributed by atoms with Gasteiger partial charge in [0, 0.05) is 12.3 Å². The zero-order valence-electron chi connectivity index (χ0n) is 14.3. The maximum Gasteiger partial charge on any atom is 0.178 e. The summed E-state index contributed by atoms with van der Waals surface area (Å²) in [5.74, 6) is -2.23. The van der Waals surface area contributed by atoms with Crippen molar-refractivity contribution in [3.8, 4) is 0 Å². The number of allylic oxidation sites excluding steroid dienone is 4. The fraction of sp³-hybridized carbons (Fsp3) is 0.444. The number of hydrogen-bond donors (Lipinski definition) is 1.